The molecule has 4 N–H and O–H groups in total. The van der Waals surface area contributed by atoms with Gasteiger partial charge >= 0.3 is 0 Å². The molecule has 0 unspecified atom stereocenters. The first-order chi connectivity index (χ1) is 9.01. The van der Waals surface area contributed by atoms with Crippen LogP contribution in [0.4, 0.5) is 0 Å². The molecule has 116 valence electrons. The van der Waals surface area contributed by atoms with E-state index >= 15 is 0 Å². The molecule has 0 aromatic heterocycles. The smallest absolute Gasteiger partial charge is 0.195 e. The highest BCUT2D eigenvalue weighted by molar-refractivity contribution is 6.73. The first kappa shape index (κ1) is 19.1. The van der Waals surface area contributed by atoms with E-state index in [0.717, 1.165) is 37.4 Å². The zero-order valence-electron chi connectivity index (χ0n) is 13.0. The topological polar surface area (TPSA) is 75.7 Å². The minimum absolute atomic E-state index is 0.00531. The standard InChI is InChI=1S/C14H33NO3Si/c1-4-11-19(12-5-2,13-6-3)18-14(15,7-9-16)8-10-17/h16-17H,4-13,15H2,1-3H3. The predicted octanol–water partition coefficient (Wildman–Crippen LogP) is 2.60. The molecule has 0 spiro atoms. The Kier molecular flexibility index (Phi) is 9.91. The van der Waals surface area contributed by atoms with Crippen LogP contribution < -0.4 is 5.73 Å². The molecule has 0 aromatic carbocycles. The molecule has 19 heavy (non-hydrogen) atoms. The van der Waals surface area contributed by atoms with Gasteiger partial charge in [0.1, 0.15) is 5.72 Å². The summed E-state index contributed by atoms with van der Waals surface area (Å²) in [6.07, 6.45) is 4.14. The van der Waals surface area contributed by atoms with Crippen molar-refractivity contribution in [3.63, 3.8) is 0 Å². The summed E-state index contributed by atoms with van der Waals surface area (Å²) in [4.78, 5) is 0. The lowest BCUT2D eigenvalue weighted by Gasteiger charge is -2.41. The van der Waals surface area contributed by atoms with Crippen molar-refractivity contribution in [3.8, 4) is 0 Å². The summed E-state index contributed by atoms with van der Waals surface area (Å²) in [5.74, 6) is 0. The minimum Gasteiger partial charge on any atom is -0.399 e. The van der Waals surface area contributed by atoms with Gasteiger partial charge in [-0.3, -0.25) is 0 Å². The largest absolute Gasteiger partial charge is 0.399 e. The minimum atomic E-state index is -1.85. The highest BCUT2D eigenvalue weighted by Gasteiger charge is 2.39. The zero-order valence-corrected chi connectivity index (χ0v) is 14.0. The molecule has 0 fully saturated rings. The van der Waals surface area contributed by atoms with Gasteiger partial charge in [0.2, 0.25) is 0 Å². The summed E-state index contributed by atoms with van der Waals surface area (Å²) in [5, 5.41) is 18.4. The van der Waals surface area contributed by atoms with Crippen LogP contribution in [0.15, 0.2) is 0 Å². The maximum atomic E-state index is 9.19. The van der Waals surface area contributed by atoms with Gasteiger partial charge in [-0.05, 0) is 18.1 Å². The van der Waals surface area contributed by atoms with Crippen LogP contribution in [0.25, 0.3) is 0 Å². The van der Waals surface area contributed by atoms with Crippen LogP contribution in [-0.4, -0.2) is 37.5 Å². The average molecular weight is 292 g/mol. The molecule has 5 heteroatoms. The van der Waals surface area contributed by atoms with Crippen molar-refractivity contribution in [1.82, 2.24) is 0 Å². The molecule has 0 radical (unpaired) electrons. The van der Waals surface area contributed by atoms with Gasteiger partial charge in [-0.2, -0.15) is 0 Å². The van der Waals surface area contributed by atoms with E-state index in [0.29, 0.717) is 12.8 Å². The Morgan fingerprint density at radius 2 is 1.26 bits per heavy atom. The van der Waals surface area contributed by atoms with Gasteiger partial charge in [0, 0.05) is 26.1 Å². The quantitative estimate of drug-likeness (QED) is 0.381. The SMILES string of the molecule is CCC[Si](CCC)(CCC)OC(N)(CCO)CCO. The number of hydrogen-bond acceptors (Lipinski definition) is 4. The fraction of sp³-hybridized carbons (Fsp3) is 1.00. The second-order valence-corrected chi connectivity index (χ2v) is 9.62. The Morgan fingerprint density at radius 1 is 0.895 bits per heavy atom. The van der Waals surface area contributed by atoms with Crippen molar-refractivity contribution >= 4 is 8.32 Å². The van der Waals surface area contributed by atoms with Crippen LogP contribution in [0.2, 0.25) is 18.1 Å². The van der Waals surface area contributed by atoms with Crippen molar-refractivity contribution in [1.29, 1.82) is 0 Å². The normalized spacial score (nSPS) is 12.9. The Hall–Kier alpha value is 0.0569. The van der Waals surface area contributed by atoms with Gasteiger partial charge in [0.25, 0.3) is 0 Å². The van der Waals surface area contributed by atoms with E-state index in [1.165, 1.54) is 0 Å². The lowest BCUT2D eigenvalue weighted by atomic mass is 10.1. The molecule has 4 nitrogen and oxygen atoms in total. The zero-order chi connectivity index (χ0) is 14.8. The highest BCUT2D eigenvalue weighted by Crippen LogP contribution is 2.32. The summed E-state index contributed by atoms with van der Waals surface area (Å²) in [5.41, 5.74) is 5.44. The Bertz CT molecular complexity index is 204. The number of aliphatic hydroxyl groups excluding tert-OH is 2. The second kappa shape index (κ2) is 9.88. The Morgan fingerprint density at radius 3 is 1.53 bits per heavy atom. The Labute approximate surface area is 119 Å². The maximum Gasteiger partial charge on any atom is 0.195 e. The van der Waals surface area contributed by atoms with Crippen molar-refractivity contribution in [2.45, 2.75) is 76.7 Å². The molecule has 0 aliphatic carbocycles. The van der Waals surface area contributed by atoms with Crippen molar-refractivity contribution in [3.05, 3.63) is 0 Å². The second-order valence-electron chi connectivity index (χ2n) is 5.55. The summed E-state index contributed by atoms with van der Waals surface area (Å²) in [7, 11) is -1.85. The number of nitrogens with two attached hydrogens (primary N) is 1. The molecule has 0 bridgehead atoms. The first-order valence-corrected chi connectivity index (χ1v) is 10.2. The van der Waals surface area contributed by atoms with Gasteiger partial charge in [-0.15, -0.1) is 0 Å². The molecule has 0 saturated carbocycles. The average Bonchev–Trinajstić information content (AvgIpc) is 2.30. The maximum absolute atomic E-state index is 9.19. The van der Waals surface area contributed by atoms with Gasteiger partial charge in [-0.1, -0.05) is 40.0 Å². The molecule has 0 amide bonds. The molecule has 0 aromatic rings. The monoisotopic (exact) mass is 291 g/mol. The van der Waals surface area contributed by atoms with E-state index in [1.54, 1.807) is 0 Å². The van der Waals surface area contributed by atoms with E-state index in [4.69, 9.17) is 10.2 Å². The summed E-state index contributed by atoms with van der Waals surface area (Å²) in [6.45, 7) is 6.57. The van der Waals surface area contributed by atoms with E-state index < -0.39 is 14.0 Å². The fourth-order valence-electron chi connectivity index (χ4n) is 2.93. The molecule has 0 aliphatic heterocycles. The van der Waals surface area contributed by atoms with E-state index in [2.05, 4.69) is 20.8 Å². The number of hydrogen-bond donors (Lipinski definition) is 3. The first-order valence-electron chi connectivity index (χ1n) is 7.72. The van der Waals surface area contributed by atoms with Crippen molar-refractivity contribution in [2.24, 2.45) is 5.73 Å². The molecule has 0 heterocycles. The van der Waals surface area contributed by atoms with Gasteiger partial charge in [0.15, 0.2) is 8.32 Å². The molecule has 0 rings (SSSR count). The molecule has 0 atom stereocenters. The van der Waals surface area contributed by atoms with Gasteiger partial charge in [-0.25, -0.2) is 0 Å². The molecule has 0 aliphatic rings. The molecule has 0 saturated heterocycles. The third-order valence-corrected chi connectivity index (χ3v) is 8.68. The van der Waals surface area contributed by atoms with Crippen LogP contribution in [0.1, 0.15) is 52.9 Å². The lowest BCUT2D eigenvalue weighted by molar-refractivity contribution is 0.0130. The summed E-state index contributed by atoms with van der Waals surface area (Å²) < 4.78 is 6.42. The third-order valence-electron chi connectivity index (χ3n) is 3.61. The number of rotatable bonds is 12. The van der Waals surface area contributed by atoms with Crippen LogP contribution >= 0.6 is 0 Å². The van der Waals surface area contributed by atoms with E-state index in [-0.39, 0.29) is 13.2 Å². The van der Waals surface area contributed by atoms with Crippen LogP contribution in [-0.2, 0) is 4.43 Å². The van der Waals surface area contributed by atoms with E-state index in [1.807, 2.05) is 0 Å². The summed E-state index contributed by atoms with van der Waals surface area (Å²) >= 11 is 0. The highest BCUT2D eigenvalue weighted by atomic mass is 28.4. The van der Waals surface area contributed by atoms with Crippen molar-refractivity contribution < 1.29 is 14.6 Å². The van der Waals surface area contributed by atoms with Crippen LogP contribution in [0.5, 0.6) is 0 Å². The van der Waals surface area contributed by atoms with Gasteiger partial charge in [0.05, 0.1) is 0 Å². The van der Waals surface area contributed by atoms with Crippen molar-refractivity contribution in [2.75, 3.05) is 13.2 Å². The fourth-order valence-corrected chi connectivity index (χ4v) is 7.79. The molecular formula is C14H33NO3Si. The number of aliphatic hydroxyl groups is 2. The van der Waals surface area contributed by atoms with E-state index in [9.17, 15) is 10.2 Å². The van der Waals surface area contributed by atoms with Gasteiger partial charge < -0.3 is 20.4 Å². The molecular weight excluding hydrogens is 258 g/mol. The predicted molar refractivity (Wildman–Crippen MR) is 82.5 cm³/mol. The third kappa shape index (κ3) is 6.86. The van der Waals surface area contributed by atoms with Crippen LogP contribution in [0, 0.1) is 0 Å². The summed E-state index contributed by atoms with van der Waals surface area (Å²) in [6, 6.07) is 3.35. The van der Waals surface area contributed by atoms with Crippen LogP contribution in [0.3, 0.4) is 0 Å². The lowest BCUT2D eigenvalue weighted by Crippen LogP contribution is -2.54. The Balaban J connectivity index is 4.99.